The van der Waals surface area contributed by atoms with E-state index in [4.69, 9.17) is 4.74 Å². The molecule has 0 aliphatic carbocycles. The maximum atomic E-state index is 14.1. The molecule has 2 aliphatic rings. The zero-order valence-corrected chi connectivity index (χ0v) is 24.1. The third kappa shape index (κ3) is 6.30. The van der Waals surface area contributed by atoms with Gasteiger partial charge in [-0.05, 0) is 54.9 Å². The number of hydrogen-bond donors (Lipinski definition) is 2. The number of nitrogens with one attached hydrogen (secondary N) is 2. The Bertz CT molecular complexity index is 1610. The molecule has 0 saturated carbocycles. The van der Waals surface area contributed by atoms with Gasteiger partial charge in [-0.1, -0.05) is 13.0 Å². The molecule has 6 rings (SSSR count). The molecular formula is C31H34F3N7O2. The molecule has 2 amide bonds. The number of fused-ring (bicyclic) bond motifs is 2. The van der Waals surface area contributed by atoms with Crippen LogP contribution >= 0.6 is 0 Å². The number of amides is 2. The zero-order valence-electron chi connectivity index (χ0n) is 24.1. The number of urea groups is 1. The van der Waals surface area contributed by atoms with Crippen molar-refractivity contribution in [3.8, 4) is 11.5 Å². The molecule has 1 aromatic carbocycles. The number of anilines is 1. The Morgan fingerprint density at radius 3 is 2.65 bits per heavy atom. The monoisotopic (exact) mass is 593 g/mol. The van der Waals surface area contributed by atoms with Crippen molar-refractivity contribution in [1.29, 1.82) is 0 Å². The highest BCUT2D eigenvalue weighted by Gasteiger charge is 2.35. The molecule has 226 valence electrons. The van der Waals surface area contributed by atoms with E-state index in [9.17, 15) is 18.0 Å². The lowest BCUT2D eigenvalue weighted by atomic mass is 10.00. The number of alkyl halides is 3. The predicted octanol–water partition coefficient (Wildman–Crippen LogP) is 5.89. The average molecular weight is 594 g/mol. The number of hydrogen-bond acceptors (Lipinski definition) is 6. The summed E-state index contributed by atoms with van der Waals surface area (Å²) in [5.41, 5.74) is 1.97. The maximum Gasteiger partial charge on any atom is 0.416 e. The second-order valence-corrected chi connectivity index (χ2v) is 11.1. The number of rotatable bonds is 6. The molecule has 2 N–H and O–H groups in total. The van der Waals surface area contributed by atoms with Crippen molar-refractivity contribution in [1.82, 2.24) is 29.7 Å². The van der Waals surface area contributed by atoms with Crippen LogP contribution in [-0.4, -0.2) is 74.4 Å². The van der Waals surface area contributed by atoms with Crippen molar-refractivity contribution in [2.45, 2.75) is 45.6 Å². The van der Waals surface area contributed by atoms with Gasteiger partial charge in [0, 0.05) is 75.5 Å². The van der Waals surface area contributed by atoms with E-state index in [1.807, 2.05) is 24.0 Å². The quantitative estimate of drug-likeness (QED) is 0.290. The number of aromatic amines is 1. The Kier molecular flexibility index (Phi) is 7.97. The molecule has 9 nitrogen and oxygen atoms in total. The van der Waals surface area contributed by atoms with Crippen LogP contribution in [0.1, 0.15) is 36.2 Å². The smallest absolute Gasteiger partial charge is 0.416 e. The van der Waals surface area contributed by atoms with Crippen molar-refractivity contribution < 1.29 is 22.7 Å². The zero-order chi connectivity index (χ0) is 30.1. The Hall–Kier alpha value is -4.16. The van der Waals surface area contributed by atoms with Crippen LogP contribution in [0.2, 0.25) is 0 Å². The molecule has 4 aromatic rings. The van der Waals surface area contributed by atoms with Crippen molar-refractivity contribution >= 4 is 22.8 Å². The molecule has 5 heterocycles. The van der Waals surface area contributed by atoms with Gasteiger partial charge in [0.05, 0.1) is 17.1 Å². The lowest BCUT2D eigenvalue weighted by Crippen LogP contribution is -2.45. The number of pyridine rings is 2. The molecule has 0 spiro atoms. The van der Waals surface area contributed by atoms with E-state index >= 15 is 0 Å². The van der Waals surface area contributed by atoms with Gasteiger partial charge in [0.1, 0.15) is 17.1 Å². The van der Waals surface area contributed by atoms with Gasteiger partial charge in [-0.25, -0.2) is 9.78 Å². The van der Waals surface area contributed by atoms with E-state index in [-0.39, 0.29) is 30.4 Å². The molecule has 0 unspecified atom stereocenters. The van der Waals surface area contributed by atoms with Crippen molar-refractivity contribution in [3.63, 3.8) is 0 Å². The minimum Gasteiger partial charge on any atom is -0.455 e. The van der Waals surface area contributed by atoms with Crippen LogP contribution in [0, 0.1) is 0 Å². The molecule has 1 saturated heterocycles. The molecule has 0 radical (unpaired) electrons. The van der Waals surface area contributed by atoms with Crippen LogP contribution in [0.4, 0.5) is 23.7 Å². The van der Waals surface area contributed by atoms with Crippen molar-refractivity contribution in [2.75, 3.05) is 38.0 Å². The number of carbonyl (C=O) groups is 1. The molecular weight excluding hydrogens is 559 g/mol. The average Bonchev–Trinajstić information content (AvgIpc) is 3.48. The number of ether oxygens (including phenoxy) is 1. The van der Waals surface area contributed by atoms with E-state index in [0.717, 1.165) is 55.4 Å². The van der Waals surface area contributed by atoms with Gasteiger partial charge in [-0.3, -0.25) is 9.88 Å². The van der Waals surface area contributed by atoms with Gasteiger partial charge in [0.2, 0.25) is 0 Å². The second-order valence-electron chi connectivity index (χ2n) is 11.1. The largest absolute Gasteiger partial charge is 0.455 e. The molecule has 0 bridgehead atoms. The van der Waals surface area contributed by atoms with Crippen LogP contribution in [0.15, 0.2) is 55.0 Å². The first kappa shape index (κ1) is 28.9. The molecule has 2 aliphatic heterocycles. The summed E-state index contributed by atoms with van der Waals surface area (Å²) in [6, 6.07) is 8.90. The van der Waals surface area contributed by atoms with Crippen LogP contribution in [0.3, 0.4) is 0 Å². The number of nitrogens with zero attached hydrogens (tertiary/aromatic N) is 5. The van der Waals surface area contributed by atoms with Crippen LogP contribution in [-0.2, 0) is 25.7 Å². The molecule has 12 heteroatoms. The standard InChI is InChI=1S/C31H34F3N7O2/c1-3-39-10-12-40(13-11-39)18-21-4-5-23(16-26(21)31(32,33)34)38-30(42)41-19-22-15-24(17-37-27(22)14-20(41)2)43-28-7-9-36-29-25(28)6-8-35-29/h4-9,15-17,20H,3,10-14,18-19H2,1-2H3,(H,35,36)(H,38,42)/t20-/m1/s1. The van der Waals surface area contributed by atoms with Crippen molar-refractivity contribution in [2.24, 2.45) is 0 Å². The highest BCUT2D eigenvalue weighted by molar-refractivity contribution is 5.90. The first-order valence-electron chi connectivity index (χ1n) is 14.5. The fourth-order valence-electron chi connectivity index (χ4n) is 5.80. The van der Waals surface area contributed by atoms with E-state index in [2.05, 4.69) is 32.1 Å². The van der Waals surface area contributed by atoms with Crippen LogP contribution in [0.5, 0.6) is 11.5 Å². The van der Waals surface area contributed by atoms with Gasteiger partial charge in [-0.15, -0.1) is 0 Å². The highest BCUT2D eigenvalue weighted by Crippen LogP contribution is 2.35. The summed E-state index contributed by atoms with van der Waals surface area (Å²) in [6.07, 6.45) is 1.06. The number of carbonyl (C=O) groups excluding carboxylic acids is 1. The summed E-state index contributed by atoms with van der Waals surface area (Å²) in [4.78, 5) is 31.2. The van der Waals surface area contributed by atoms with Crippen LogP contribution < -0.4 is 10.1 Å². The Morgan fingerprint density at radius 2 is 1.88 bits per heavy atom. The fraction of sp³-hybridized carbons (Fsp3) is 0.387. The van der Waals surface area contributed by atoms with Gasteiger partial charge in [-0.2, -0.15) is 13.2 Å². The number of halogens is 3. The van der Waals surface area contributed by atoms with Crippen molar-refractivity contribution in [3.05, 3.63) is 77.4 Å². The minimum absolute atomic E-state index is 0.110. The molecule has 1 fully saturated rings. The summed E-state index contributed by atoms with van der Waals surface area (Å²) in [5, 5.41) is 3.54. The van der Waals surface area contributed by atoms with Gasteiger partial charge < -0.3 is 24.8 Å². The lowest BCUT2D eigenvalue weighted by Gasteiger charge is -2.35. The topological polar surface area (TPSA) is 89.6 Å². The predicted molar refractivity (Wildman–Crippen MR) is 157 cm³/mol. The first-order valence-corrected chi connectivity index (χ1v) is 14.5. The van der Waals surface area contributed by atoms with E-state index < -0.39 is 17.8 Å². The maximum absolute atomic E-state index is 14.1. The molecule has 43 heavy (non-hydrogen) atoms. The summed E-state index contributed by atoms with van der Waals surface area (Å²) >= 11 is 0. The molecule has 3 aromatic heterocycles. The number of H-pyrrole nitrogens is 1. The summed E-state index contributed by atoms with van der Waals surface area (Å²) in [5.74, 6) is 1.14. The number of benzene rings is 1. The number of piperazine rings is 1. The highest BCUT2D eigenvalue weighted by atomic mass is 19.4. The fourth-order valence-corrected chi connectivity index (χ4v) is 5.80. The normalized spacial score (nSPS) is 18.1. The number of likely N-dealkylation sites (N-methyl/N-ethyl adjacent to an activating group) is 1. The Labute approximate surface area is 247 Å². The van der Waals surface area contributed by atoms with Gasteiger partial charge >= 0.3 is 12.2 Å². The summed E-state index contributed by atoms with van der Waals surface area (Å²) < 4.78 is 48.4. The number of aromatic nitrogens is 3. The molecule has 1 atom stereocenters. The Morgan fingerprint density at radius 1 is 1.09 bits per heavy atom. The summed E-state index contributed by atoms with van der Waals surface area (Å²) in [7, 11) is 0. The second kappa shape index (κ2) is 11.8. The van der Waals surface area contributed by atoms with E-state index in [0.29, 0.717) is 23.6 Å². The third-order valence-electron chi connectivity index (χ3n) is 8.28. The third-order valence-corrected chi connectivity index (χ3v) is 8.28. The van der Waals surface area contributed by atoms with Gasteiger partial charge in [0.25, 0.3) is 0 Å². The lowest BCUT2D eigenvalue weighted by molar-refractivity contribution is -0.138. The van der Waals surface area contributed by atoms with Crippen LogP contribution in [0.25, 0.3) is 11.0 Å². The van der Waals surface area contributed by atoms with E-state index in [1.54, 1.807) is 35.6 Å². The summed E-state index contributed by atoms with van der Waals surface area (Å²) in [6.45, 7) is 8.50. The van der Waals surface area contributed by atoms with Gasteiger partial charge in [0.15, 0.2) is 0 Å². The SMILES string of the molecule is CCN1CCN(Cc2ccc(NC(=O)N3Cc4cc(Oc5ccnc6[nH]ccc56)cnc4C[C@H]3C)cc2C(F)(F)F)CC1. The van der Waals surface area contributed by atoms with E-state index in [1.165, 1.54) is 6.07 Å². The Balaban J connectivity index is 1.16. The minimum atomic E-state index is -4.54. The first-order chi connectivity index (χ1) is 20.7.